The van der Waals surface area contributed by atoms with Crippen LogP contribution in [-0.4, -0.2) is 54.3 Å². The Hall–Kier alpha value is -3.06. The first-order chi connectivity index (χ1) is 15.5. The molecule has 0 radical (unpaired) electrons. The molecule has 7 heteroatoms. The van der Waals surface area contributed by atoms with Crippen LogP contribution < -0.4 is 20.8 Å². The molecule has 4 rings (SSSR count). The minimum absolute atomic E-state index is 0.128. The summed E-state index contributed by atoms with van der Waals surface area (Å²) in [5.74, 6) is 0.946. The average molecular weight is 437 g/mol. The number of benzene rings is 1. The molecule has 1 aliphatic carbocycles. The van der Waals surface area contributed by atoms with Crippen LogP contribution in [0.2, 0.25) is 0 Å². The van der Waals surface area contributed by atoms with Crippen LogP contribution in [-0.2, 0) is 9.47 Å². The third kappa shape index (κ3) is 5.22. The van der Waals surface area contributed by atoms with E-state index in [2.05, 4.69) is 65.7 Å². The number of hydrogen-bond donors (Lipinski definition) is 1. The fraction of sp³-hybridized carbons (Fsp3) is 0.440. The predicted molar refractivity (Wildman–Crippen MR) is 126 cm³/mol. The molecule has 2 aromatic rings. The second-order valence-electron chi connectivity index (χ2n) is 8.52. The third-order valence-corrected chi connectivity index (χ3v) is 5.54. The van der Waals surface area contributed by atoms with E-state index in [1.165, 1.54) is 5.56 Å². The molecule has 1 N–H and O–H groups in total. The average Bonchev–Trinajstić information content (AvgIpc) is 3.09. The molecule has 2 aliphatic rings. The van der Waals surface area contributed by atoms with E-state index in [1.54, 1.807) is 0 Å². The maximum absolute atomic E-state index is 11.9. The number of nitrogens with one attached hydrogen (secondary N) is 1. The third-order valence-electron chi connectivity index (χ3n) is 5.54. The second kappa shape index (κ2) is 10.0. The van der Waals surface area contributed by atoms with Crippen molar-refractivity contribution in [3.8, 4) is 5.69 Å². The van der Waals surface area contributed by atoms with E-state index in [0.29, 0.717) is 19.7 Å². The lowest BCUT2D eigenvalue weighted by Crippen LogP contribution is -2.49. The fourth-order valence-corrected chi connectivity index (χ4v) is 3.97. The Morgan fingerprint density at radius 1 is 1.28 bits per heavy atom. The molecule has 1 amide bonds. The summed E-state index contributed by atoms with van der Waals surface area (Å²) < 4.78 is 13.1. The van der Waals surface area contributed by atoms with E-state index in [-0.39, 0.29) is 12.2 Å². The van der Waals surface area contributed by atoms with E-state index < -0.39 is 6.09 Å². The number of nitrogens with zero attached hydrogens (tertiary/aromatic N) is 3. The number of aryl methyl sites for hydroxylation is 1. The number of carbonyl (C=O) groups excluding carboxylic acids is 1. The van der Waals surface area contributed by atoms with E-state index in [9.17, 15) is 4.79 Å². The fourth-order valence-electron chi connectivity index (χ4n) is 3.97. The molecule has 1 aromatic heterocycles. The van der Waals surface area contributed by atoms with Gasteiger partial charge in [0.15, 0.2) is 5.82 Å². The number of anilines is 1. The summed E-state index contributed by atoms with van der Waals surface area (Å²) in [6, 6.07) is 8.45. The quantitative estimate of drug-likeness (QED) is 0.780. The number of rotatable bonds is 5. The monoisotopic (exact) mass is 436 g/mol. The van der Waals surface area contributed by atoms with Crippen LogP contribution in [0, 0.1) is 6.92 Å². The zero-order chi connectivity index (χ0) is 22.5. The van der Waals surface area contributed by atoms with Gasteiger partial charge in [-0.15, -0.1) is 5.10 Å². The lowest BCUT2D eigenvalue weighted by Gasteiger charge is -2.33. The standard InChI is InChI=1S/C25H32N4O3/c1-18(2)32-25(30)26-16-21-17-28(14-15-31-21)24-22-8-6-4-5-7-9-23(22)29(27-24)20-12-10-19(3)11-13-20/h4,6,8-13,18,21H,5,7,14-17H2,1-3H3,(H,26,30)/b6-4+,22-8+,23-9+. The minimum atomic E-state index is -0.414. The number of ether oxygens (including phenoxy) is 2. The van der Waals surface area contributed by atoms with E-state index in [0.717, 1.165) is 41.5 Å². The number of hydrogen-bond acceptors (Lipinski definition) is 5. The van der Waals surface area contributed by atoms with Crippen molar-refractivity contribution in [3.05, 3.63) is 52.5 Å². The van der Waals surface area contributed by atoms with E-state index in [1.807, 2.05) is 18.5 Å². The van der Waals surface area contributed by atoms with Gasteiger partial charge in [-0.05, 0) is 51.8 Å². The summed E-state index contributed by atoms with van der Waals surface area (Å²) in [6.07, 6.45) is 10.0. The van der Waals surface area contributed by atoms with Crippen LogP contribution in [0.3, 0.4) is 0 Å². The molecule has 1 atom stereocenters. The van der Waals surface area contributed by atoms with Crippen molar-refractivity contribution in [1.82, 2.24) is 15.1 Å². The topological polar surface area (TPSA) is 68.6 Å². The number of alkyl carbamates (subject to hydrolysis) is 1. The molecule has 32 heavy (non-hydrogen) atoms. The first-order valence-corrected chi connectivity index (χ1v) is 11.4. The van der Waals surface area contributed by atoms with Gasteiger partial charge >= 0.3 is 6.09 Å². The molecule has 1 fully saturated rings. The summed E-state index contributed by atoms with van der Waals surface area (Å²) in [7, 11) is 0. The van der Waals surface area contributed by atoms with Gasteiger partial charge in [0.2, 0.25) is 0 Å². The molecule has 7 nitrogen and oxygen atoms in total. The van der Waals surface area contributed by atoms with E-state index in [4.69, 9.17) is 14.6 Å². The molecule has 0 bridgehead atoms. The molecule has 0 saturated carbocycles. The number of carbonyl (C=O) groups is 1. The van der Waals surface area contributed by atoms with Gasteiger partial charge in [-0.2, -0.15) is 0 Å². The van der Waals surface area contributed by atoms with Gasteiger partial charge in [-0.25, -0.2) is 9.48 Å². The lowest BCUT2D eigenvalue weighted by molar-refractivity contribution is 0.0378. The van der Waals surface area contributed by atoms with Crippen LogP contribution in [0.1, 0.15) is 32.3 Å². The highest BCUT2D eigenvalue weighted by Gasteiger charge is 2.25. The largest absolute Gasteiger partial charge is 0.447 e. The smallest absolute Gasteiger partial charge is 0.407 e. The van der Waals surface area contributed by atoms with Crippen LogP contribution in [0.5, 0.6) is 0 Å². The minimum Gasteiger partial charge on any atom is -0.447 e. The van der Waals surface area contributed by atoms with Crippen molar-refractivity contribution in [2.75, 3.05) is 31.1 Å². The Labute approximate surface area is 189 Å². The first-order valence-electron chi connectivity index (χ1n) is 11.4. The molecular formula is C25H32N4O3. The summed E-state index contributed by atoms with van der Waals surface area (Å²) in [4.78, 5) is 14.1. The van der Waals surface area contributed by atoms with Crippen molar-refractivity contribution < 1.29 is 14.3 Å². The highest BCUT2D eigenvalue weighted by atomic mass is 16.6. The first kappa shape index (κ1) is 22.1. The Balaban J connectivity index is 1.62. The number of aromatic nitrogens is 2. The van der Waals surface area contributed by atoms with Gasteiger partial charge in [-0.3, -0.25) is 0 Å². The highest BCUT2D eigenvalue weighted by molar-refractivity contribution is 5.67. The summed E-state index contributed by atoms with van der Waals surface area (Å²) in [5, 5.41) is 10.1. The van der Waals surface area contributed by atoms with Crippen molar-refractivity contribution in [1.29, 1.82) is 0 Å². The summed E-state index contributed by atoms with van der Waals surface area (Å²) >= 11 is 0. The van der Waals surface area contributed by atoms with Gasteiger partial charge in [0, 0.05) is 24.9 Å². The predicted octanol–water partition coefficient (Wildman–Crippen LogP) is 2.43. The van der Waals surface area contributed by atoms with Gasteiger partial charge in [0.25, 0.3) is 0 Å². The van der Waals surface area contributed by atoms with Crippen LogP contribution >= 0.6 is 0 Å². The Bertz CT molecular complexity index is 1090. The van der Waals surface area contributed by atoms with Gasteiger partial charge in [0.1, 0.15) is 0 Å². The molecule has 0 spiro atoms. The van der Waals surface area contributed by atoms with Crippen LogP contribution in [0.4, 0.5) is 10.6 Å². The number of allylic oxidation sites excluding steroid dienone is 2. The second-order valence-corrected chi connectivity index (χ2v) is 8.52. The maximum atomic E-state index is 11.9. The van der Waals surface area contributed by atoms with E-state index >= 15 is 0 Å². The normalized spacial score (nSPS) is 21.4. The maximum Gasteiger partial charge on any atom is 0.407 e. The Kier molecular flexibility index (Phi) is 6.95. The van der Waals surface area contributed by atoms with Crippen molar-refractivity contribution >= 4 is 24.1 Å². The van der Waals surface area contributed by atoms with Gasteiger partial charge in [-0.1, -0.05) is 35.9 Å². The summed E-state index contributed by atoms with van der Waals surface area (Å²) in [6.45, 7) is 8.14. The zero-order valence-corrected chi connectivity index (χ0v) is 19.1. The van der Waals surface area contributed by atoms with Crippen LogP contribution in [0.25, 0.3) is 17.8 Å². The number of amides is 1. The molecule has 170 valence electrons. The molecule has 1 aliphatic heterocycles. The molecule has 1 unspecified atom stereocenters. The number of fused-ring (bicyclic) bond motifs is 1. The Morgan fingerprint density at radius 3 is 2.88 bits per heavy atom. The molecule has 2 heterocycles. The Morgan fingerprint density at radius 2 is 2.09 bits per heavy atom. The van der Waals surface area contributed by atoms with Crippen LogP contribution in [0.15, 0.2) is 36.4 Å². The molecular weight excluding hydrogens is 404 g/mol. The summed E-state index contributed by atoms with van der Waals surface area (Å²) in [5.41, 5.74) is 2.28. The van der Waals surface area contributed by atoms with Gasteiger partial charge < -0.3 is 19.7 Å². The van der Waals surface area contributed by atoms with Crippen molar-refractivity contribution in [3.63, 3.8) is 0 Å². The lowest BCUT2D eigenvalue weighted by atomic mass is 10.2. The molecule has 1 aromatic carbocycles. The zero-order valence-electron chi connectivity index (χ0n) is 19.1. The van der Waals surface area contributed by atoms with Crippen molar-refractivity contribution in [2.24, 2.45) is 0 Å². The molecule has 1 saturated heterocycles. The highest BCUT2D eigenvalue weighted by Crippen LogP contribution is 2.14. The van der Waals surface area contributed by atoms with Gasteiger partial charge in [0.05, 0.1) is 29.9 Å². The number of morpholine rings is 1. The SMILES string of the molecule is Cc1ccc(-n2nc(N3CCOC(CNC(=O)OC(C)C)C3)c3/c2=C\CC\C=C\C=3)cc1. The van der Waals surface area contributed by atoms with Crippen molar-refractivity contribution in [2.45, 2.75) is 45.8 Å².